The molecule has 1 heterocycles. The Morgan fingerprint density at radius 2 is 1.89 bits per heavy atom. The Labute approximate surface area is 173 Å². The molecule has 4 atom stereocenters. The Bertz CT molecular complexity index is 811. The first-order chi connectivity index (χ1) is 13.3. The fourth-order valence-corrected chi connectivity index (χ4v) is 3.89. The lowest BCUT2D eigenvalue weighted by atomic mass is 9.92. The van der Waals surface area contributed by atoms with E-state index in [1.807, 2.05) is 43.3 Å². The molecule has 2 amide bonds. The Hall–Kier alpha value is -2.15. The summed E-state index contributed by atoms with van der Waals surface area (Å²) in [5.41, 5.74) is 1.31. The Kier molecular flexibility index (Phi) is 6.23. The number of rotatable bonds is 4. The molecule has 0 radical (unpaired) electrons. The van der Waals surface area contributed by atoms with Crippen LogP contribution in [-0.4, -0.2) is 45.9 Å². The van der Waals surface area contributed by atoms with Crippen LogP contribution in [0.15, 0.2) is 53.9 Å². The summed E-state index contributed by atoms with van der Waals surface area (Å²) in [5, 5.41) is 0. The second-order valence-corrected chi connectivity index (χ2v) is 8.32. The lowest BCUT2D eigenvalue weighted by Crippen LogP contribution is -2.43. The summed E-state index contributed by atoms with van der Waals surface area (Å²) in [7, 11) is 1.64. The maximum Gasteiger partial charge on any atom is 0.412 e. The first kappa shape index (κ1) is 20.6. The van der Waals surface area contributed by atoms with Gasteiger partial charge in [-0.05, 0) is 30.1 Å². The monoisotopic (exact) mass is 450 g/mol. The third-order valence-electron chi connectivity index (χ3n) is 5.34. The van der Waals surface area contributed by atoms with Crippen LogP contribution >= 0.6 is 15.9 Å². The maximum atomic E-state index is 14.4. The summed E-state index contributed by atoms with van der Waals surface area (Å²) >= 11 is 3.42. The Balaban J connectivity index is 1.76. The lowest BCUT2D eigenvalue weighted by Gasteiger charge is -2.28. The van der Waals surface area contributed by atoms with Gasteiger partial charge in [-0.2, -0.15) is 0 Å². The number of hydrogen-bond acceptors (Lipinski definition) is 3. The van der Waals surface area contributed by atoms with Crippen LogP contribution in [-0.2, 0) is 16.1 Å². The predicted octanol–water partition coefficient (Wildman–Crippen LogP) is 4.39. The number of allylic oxidation sites excluding steroid dienone is 3. The molecule has 28 heavy (non-hydrogen) atoms. The number of ether oxygens (including phenoxy) is 1. The number of nitrogens with zero attached hydrogens (tertiary/aromatic N) is 2. The van der Waals surface area contributed by atoms with E-state index < -0.39 is 18.3 Å². The highest BCUT2D eigenvalue weighted by molar-refractivity contribution is 9.09. The van der Waals surface area contributed by atoms with Crippen LogP contribution < -0.4 is 0 Å². The first-order valence-corrected chi connectivity index (χ1v) is 10.2. The minimum atomic E-state index is -0.784. The summed E-state index contributed by atoms with van der Waals surface area (Å²) < 4.78 is 19.9. The lowest BCUT2D eigenvalue weighted by molar-refractivity contribution is -0.128. The van der Waals surface area contributed by atoms with Crippen molar-refractivity contribution in [1.82, 2.24) is 9.80 Å². The smallest absolute Gasteiger partial charge is 0.412 e. The number of likely N-dealkylation sites (N-methyl/N-ethyl adjacent to an activating group) is 1. The van der Waals surface area contributed by atoms with Crippen molar-refractivity contribution < 1.29 is 18.7 Å². The van der Waals surface area contributed by atoms with E-state index in [0.29, 0.717) is 5.57 Å². The van der Waals surface area contributed by atoms with E-state index in [-0.39, 0.29) is 35.5 Å². The molecule has 3 rings (SSSR count). The number of carbonyl (C=O) groups is 2. The third-order valence-corrected chi connectivity index (χ3v) is 6.44. The Morgan fingerprint density at radius 1 is 1.21 bits per heavy atom. The number of carbonyl (C=O) groups excluding carboxylic acids is 2. The van der Waals surface area contributed by atoms with Crippen molar-refractivity contribution in [1.29, 1.82) is 0 Å². The van der Waals surface area contributed by atoms with Crippen LogP contribution in [0.1, 0.15) is 25.8 Å². The van der Waals surface area contributed by atoms with Gasteiger partial charge in [-0.25, -0.2) is 9.18 Å². The fourth-order valence-electron chi connectivity index (χ4n) is 3.51. The molecule has 2 unspecified atom stereocenters. The number of alkyl halides is 1. The second-order valence-electron chi connectivity index (χ2n) is 7.26. The van der Waals surface area contributed by atoms with E-state index in [2.05, 4.69) is 15.9 Å². The van der Waals surface area contributed by atoms with Crippen molar-refractivity contribution in [2.24, 2.45) is 5.92 Å². The SMILES string of the molecule is CC1C=C(C[C@H]2C(=O)N(C)[C@H](C)N2C(=O)OCc2ccccc2)C(F)=CC1Br. The number of amides is 2. The van der Waals surface area contributed by atoms with Gasteiger partial charge in [-0.15, -0.1) is 0 Å². The topological polar surface area (TPSA) is 49.9 Å². The molecule has 1 fully saturated rings. The molecule has 150 valence electrons. The van der Waals surface area contributed by atoms with Crippen molar-refractivity contribution in [3.63, 3.8) is 0 Å². The molecule has 5 nitrogen and oxygen atoms in total. The average Bonchev–Trinajstić information content (AvgIpc) is 2.89. The van der Waals surface area contributed by atoms with Crippen LogP contribution in [0.5, 0.6) is 0 Å². The van der Waals surface area contributed by atoms with Gasteiger partial charge in [-0.3, -0.25) is 9.69 Å². The van der Waals surface area contributed by atoms with Crippen molar-refractivity contribution in [3.8, 4) is 0 Å². The predicted molar refractivity (Wildman–Crippen MR) is 108 cm³/mol. The zero-order valence-electron chi connectivity index (χ0n) is 16.1. The van der Waals surface area contributed by atoms with Crippen LogP contribution in [0.2, 0.25) is 0 Å². The minimum absolute atomic E-state index is 0.0796. The van der Waals surface area contributed by atoms with E-state index in [1.54, 1.807) is 14.0 Å². The molecule has 0 aromatic heterocycles. The van der Waals surface area contributed by atoms with E-state index in [9.17, 15) is 14.0 Å². The summed E-state index contributed by atoms with van der Waals surface area (Å²) in [5.74, 6) is -0.473. The van der Waals surface area contributed by atoms with Gasteiger partial charge in [0, 0.05) is 18.3 Å². The maximum absolute atomic E-state index is 14.4. The number of benzene rings is 1. The van der Waals surface area contributed by atoms with Crippen LogP contribution in [0.3, 0.4) is 0 Å². The largest absolute Gasteiger partial charge is 0.444 e. The van der Waals surface area contributed by atoms with Crippen LogP contribution in [0, 0.1) is 5.92 Å². The van der Waals surface area contributed by atoms with Crippen molar-refractivity contribution in [3.05, 3.63) is 59.4 Å². The second kappa shape index (κ2) is 8.47. The normalized spacial score (nSPS) is 27.5. The molecule has 1 aliphatic carbocycles. The van der Waals surface area contributed by atoms with E-state index in [1.165, 1.54) is 15.9 Å². The van der Waals surface area contributed by atoms with Gasteiger partial charge in [0.2, 0.25) is 5.91 Å². The third kappa shape index (κ3) is 4.14. The highest BCUT2D eigenvalue weighted by Gasteiger charge is 2.46. The minimum Gasteiger partial charge on any atom is -0.444 e. The van der Waals surface area contributed by atoms with Crippen molar-refractivity contribution in [2.45, 2.75) is 43.9 Å². The van der Waals surface area contributed by atoms with Crippen molar-refractivity contribution >= 4 is 27.9 Å². The molecular formula is C21H24BrFN2O3. The van der Waals surface area contributed by atoms with Crippen LogP contribution in [0.25, 0.3) is 0 Å². The zero-order chi connectivity index (χ0) is 20.4. The molecule has 0 spiro atoms. The quantitative estimate of drug-likeness (QED) is 0.638. The molecule has 1 aliphatic heterocycles. The summed E-state index contributed by atoms with van der Waals surface area (Å²) in [6.45, 7) is 3.85. The summed E-state index contributed by atoms with van der Waals surface area (Å²) in [4.78, 5) is 28.3. The average molecular weight is 451 g/mol. The zero-order valence-corrected chi connectivity index (χ0v) is 17.7. The highest BCUT2D eigenvalue weighted by atomic mass is 79.9. The summed E-state index contributed by atoms with van der Waals surface area (Å²) in [6, 6.07) is 8.56. The van der Waals surface area contributed by atoms with E-state index in [4.69, 9.17) is 4.74 Å². The molecule has 1 saturated heterocycles. The molecule has 0 saturated carbocycles. The van der Waals surface area contributed by atoms with Gasteiger partial charge >= 0.3 is 6.09 Å². The molecular weight excluding hydrogens is 427 g/mol. The highest BCUT2D eigenvalue weighted by Crippen LogP contribution is 2.34. The van der Waals surface area contributed by atoms with Crippen LogP contribution in [0.4, 0.5) is 9.18 Å². The van der Waals surface area contributed by atoms with E-state index in [0.717, 1.165) is 5.56 Å². The van der Waals surface area contributed by atoms with Gasteiger partial charge in [0.05, 0.1) is 0 Å². The standard InChI is InChI=1S/C21H24BrFN2O3/c1-13-9-16(18(23)11-17(13)22)10-19-20(26)24(3)14(2)25(19)21(27)28-12-15-7-5-4-6-8-15/h4-9,11,13-14,17,19H,10,12H2,1-3H3/t13?,14-,17?,19-/m0/s1. The van der Waals surface area contributed by atoms with E-state index >= 15 is 0 Å². The van der Waals surface area contributed by atoms with Gasteiger partial charge in [0.1, 0.15) is 24.6 Å². The molecule has 2 aliphatic rings. The molecule has 1 aromatic carbocycles. The van der Waals surface area contributed by atoms with Gasteiger partial charge in [0.25, 0.3) is 0 Å². The first-order valence-electron chi connectivity index (χ1n) is 9.27. The number of hydrogen-bond donors (Lipinski definition) is 0. The summed E-state index contributed by atoms with van der Waals surface area (Å²) in [6.07, 6.45) is 2.41. The number of halogens is 2. The van der Waals surface area contributed by atoms with Gasteiger partial charge < -0.3 is 9.64 Å². The van der Waals surface area contributed by atoms with Gasteiger partial charge in [-0.1, -0.05) is 59.3 Å². The molecule has 1 aromatic rings. The fraction of sp³-hybridized carbons (Fsp3) is 0.429. The van der Waals surface area contributed by atoms with Crippen molar-refractivity contribution in [2.75, 3.05) is 7.05 Å². The Morgan fingerprint density at radius 3 is 2.57 bits per heavy atom. The molecule has 7 heteroatoms. The molecule has 0 N–H and O–H groups in total. The van der Waals surface area contributed by atoms with Gasteiger partial charge in [0.15, 0.2) is 0 Å². The molecule has 0 bridgehead atoms.